The summed E-state index contributed by atoms with van der Waals surface area (Å²) in [5.41, 5.74) is 2.67. The minimum atomic E-state index is -0.795. The number of aryl methyl sites for hydroxylation is 2. The van der Waals surface area contributed by atoms with Crippen LogP contribution in [0.15, 0.2) is 12.1 Å². The fourth-order valence-electron chi connectivity index (χ4n) is 2.57. The number of rotatable bonds is 4. The largest absolute Gasteiger partial charge is 0.481 e. The Balaban J connectivity index is 2.14. The quantitative estimate of drug-likeness (QED) is 0.894. The Hall–Kier alpha value is -1.58. The summed E-state index contributed by atoms with van der Waals surface area (Å²) in [5.74, 6) is -0.975. The van der Waals surface area contributed by atoms with Crippen molar-refractivity contribution in [1.29, 1.82) is 0 Å². The van der Waals surface area contributed by atoms with Gasteiger partial charge in [-0.05, 0) is 43.4 Å². The fraction of sp³-hybridized carbons (Fsp3) is 0.500. The number of hydrogen-bond donors (Lipinski definition) is 1. The van der Waals surface area contributed by atoms with E-state index >= 15 is 0 Å². The average molecular weight is 251 g/mol. The lowest BCUT2D eigenvalue weighted by Crippen LogP contribution is -2.31. The average Bonchev–Trinajstić information content (AvgIpc) is 2.27. The fourth-order valence-corrected chi connectivity index (χ4v) is 2.57. The van der Waals surface area contributed by atoms with Crippen molar-refractivity contribution in [2.45, 2.75) is 32.6 Å². The van der Waals surface area contributed by atoms with E-state index in [0.29, 0.717) is 18.7 Å². The van der Waals surface area contributed by atoms with Crippen LogP contribution in [0.3, 0.4) is 0 Å². The van der Waals surface area contributed by atoms with Crippen molar-refractivity contribution >= 4 is 11.7 Å². The molecule has 1 aromatic carbocycles. The van der Waals surface area contributed by atoms with Crippen molar-refractivity contribution in [1.82, 2.24) is 0 Å². The Bertz CT molecular complexity index is 459. The number of anilines is 1. The molecule has 0 fully saturated rings. The molecule has 98 valence electrons. The number of halogens is 1. The molecule has 4 heteroatoms. The summed E-state index contributed by atoms with van der Waals surface area (Å²) >= 11 is 0. The number of carbonyl (C=O) groups is 1. The van der Waals surface area contributed by atoms with Gasteiger partial charge in [-0.2, -0.15) is 0 Å². The van der Waals surface area contributed by atoms with Crippen LogP contribution in [-0.4, -0.2) is 24.2 Å². The van der Waals surface area contributed by atoms with Gasteiger partial charge in [0.05, 0.1) is 5.69 Å². The molecule has 1 aromatic rings. The third-order valence-corrected chi connectivity index (χ3v) is 3.30. The van der Waals surface area contributed by atoms with E-state index in [9.17, 15) is 9.18 Å². The number of nitrogens with zero attached hydrogens (tertiary/aromatic N) is 1. The van der Waals surface area contributed by atoms with E-state index in [0.717, 1.165) is 30.5 Å². The van der Waals surface area contributed by atoms with Crippen LogP contribution in [0.2, 0.25) is 0 Å². The number of carboxylic acids is 1. The first kappa shape index (κ1) is 12.9. The summed E-state index contributed by atoms with van der Waals surface area (Å²) in [4.78, 5) is 12.5. The van der Waals surface area contributed by atoms with E-state index in [1.54, 1.807) is 6.07 Å². The van der Waals surface area contributed by atoms with Crippen molar-refractivity contribution in [3.63, 3.8) is 0 Å². The van der Waals surface area contributed by atoms with E-state index in [4.69, 9.17) is 5.11 Å². The SMILES string of the molecule is Cc1cc(F)c2c(c1)CCCN2CCCC(=O)O. The van der Waals surface area contributed by atoms with Crippen LogP contribution in [0.25, 0.3) is 0 Å². The molecule has 1 aliphatic rings. The lowest BCUT2D eigenvalue weighted by molar-refractivity contribution is -0.137. The van der Waals surface area contributed by atoms with Crippen LogP contribution in [-0.2, 0) is 11.2 Å². The van der Waals surface area contributed by atoms with Gasteiger partial charge >= 0.3 is 5.97 Å². The van der Waals surface area contributed by atoms with Gasteiger partial charge in [0.25, 0.3) is 0 Å². The van der Waals surface area contributed by atoms with E-state index in [1.165, 1.54) is 0 Å². The molecule has 1 aliphatic heterocycles. The predicted octanol–water partition coefficient (Wildman–Crippen LogP) is 2.75. The molecule has 0 unspecified atom stereocenters. The van der Waals surface area contributed by atoms with Crippen LogP contribution in [0.5, 0.6) is 0 Å². The number of fused-ring (bicyclic) bond motifs is 1. The highest BCUT2D eigenvalue weighted by molar-refractivity contribution is 5.66. The topological polar surface area (TPSA) is 40.5 Å². The van der Waals surface area contributed by atoms with Crippen molar-refractivity contribution in [3.05, 3.63) is 29.1 Å². The second kappa shape index (κ2) is 5.38. The Morgan fingerprint density at radius 1 is 1.50 bits per heavy atom. The zero-order valence-corrected chi connectivity index (χ0v) is 10.6. The zero-order chi connectivity index (χ0) is 13.1. The first-order chi connectivity index (χ1) is 8.58. The molecule has 0 amide bonds. The highest BCUT2D eigenvalue weighted by Crippen LogP contribution is 2.31. The molecule has 0 radical (unpaired) electrons. The summed E-state index contributed by atoms with van der Waals surface area (Å²) in [5, 5.41) is 8.64. The maximum atomic E-state index is 14.0. The molecule has 0 aromatic heterocycles. The normalized spacial score (nSPS) is 14.4. The van der Waals surface area contributed by atoms with Gasteiger partial charge in [-0.3, -0.25) is 4.79 Å². The predicted molar refractivity (Wildman–Crippen MR) is 68.5 cm³/mol. The minimum Gasteiger partial charge on any atom is -0.481 e. The third kappa shape index (κ3) is 2.81. The molecule has 2 rings (SSSR count). The molecule has 0 spiro atoms. The minimum absolute atomic E-state index is 0.138. The third-order valence-electron chi connectivity index (χ3n) is 3.30. The number of benzene rings is 1. The van der Waals surface area contributed by atoms with Crippen LogP contribution in [0.4, 0.5) is 10.1 Å². The number of carboxylic acid groups (broad SMARTS) is 1. The summed E-state index contributed by atoms with van der Waals surface area (Å²) in [6.45, 7) is 3.32. The molecule has 0 saturated carbocycles. The Labute approximate surface area is 106 Å². The molecule has 3 nitrogen and oxygen atoms in total. The molecule has 0 saturated heterocycles. The van der Waals surface area contributed by atoms with Crippen molar-refractivity contribution in [2.24, 2.45) is 0 Å². The lowest BCUT2D eigenvalue weighted by atomic mass is 9.99. The molecule has 0 bridgehead atoms. The molecular formula is C14H18FNO2. The van der Waals surface area contributed by atoms with Gasteiger partial charge in [0.2, 0.25) is 0 Å². The van der Waals surface area contributed by atoms with E-state index < -0.39 is 5.97 Å². The summed E-state index contributed by atoms with van der Waals surface area (Å²) < 4.78 is 14.0. The molecular weight excluding hydrogens is 233 g/mol. The van der Waals surface area contributed by atoms with Crippen LogP contribution < -0.4 is 4.90 Å². The number of aliphatic carboxylic acids is 1. The first-order valence-electron chi connectivity index (χ1n) is 6.33. The first-order valence-corrected chi connectivity index (χ1v) is 6.33. The maximum absolute atomic E-state index is 14.0. The Morgan fingerprint density at radius 2 is 2.28 bits per heavy atom. The van der Waals surface area contributed by atoms with Crippen molar-refractivity contribution < 1.29 is 14.3 Å². The van der Waals surface area contributed by atoms with E-state index in [2.05, 4.69) is 0 Å². The number of hydrogen-bond acceptors (Lipinski definition) is 2. The van der Waals surface area contributed by atoms with E-state index in [-0.39, 0.29) is 12.2 Å². The van der Waals surface area contributed by atoms with Gasteiger partial charge in [0, 0.05) is 19.5 Å². The second-order valence-corrected chi connectivity index (χ2v) is 4.84. The van der Waals surface area contributed by atoms with Crippen LogP contribution in [0.1, 0.15) is 30.4 Å². The zero-order valence-electron chi connectivity index (χ0n) is 10.6. The van der Waals surface area contributed by atoms with E-state index in [1.807, 2.05) is 17.9 Å². The van der Waals surface area contributed by atoms with Gasteiger partial charge < -0.3 is 10.0 Å². The van der Waals surface area contributed by atoms with Crippen molar-refractivity contribution in [2.75, 3.05) is 18.0 Å². The summed E-state index contributed by atoms with van der Waals surface area (Å²) in [7, 11) is 0. The lowest BCUT2D eigenvalue weighted by Gasteiger charge is -2.31. The molecule has 1 heterocycles. The van der Waals surface area contributed by atoms with Gasteiger partial charge in [-0.15, -0.1) is 0 Å². The summed E-state index contributed by atoms with van der Waals surface area (Å²) in [6, 6.07) is 3.58. The standard InChI is InChI=1S/C14H18FNO2/c1-10-8-11-4-2-6-16(7-3-5-13(17)18)14(11)12(15)9-10/h8-9H,2-7H2,1H3,(H,17,18). The summed E-state index contributed by atoms with van der Waals surface area (Å²) in [6.07, 6.45) is 2.60. The Kier molecular flexibility index (Phi) is 3.84. The monoisotopic (exact) mass is 251 g/mol. The van der Waals surface area contributed by atoms with Gasteiger partial charge in [0.15, 0.2) is 0 Å². The highest BCUT2D eigenvalue weighted by Gasteiger charge is 2.20. The molecule has 0 atom stereocenters. The maximum Gasteiger partial charge on any atom is 0.303 e. The smallest absolute Gasteiger partial charge is 0.303 e. The van der Waals surface area contributed by atoms with Crippen LogP contribution in [0, 0.1) is 12.7 Å². The molecule has 18 heavy (non-hydrogen) atoms. The second-order valence-electron chi connectivity index (χ2n) is 4.84. The van der Waals surface area contributed by atoms with Gasteiger partial charge in [-0.1, -0.05) is 6.07 Å². The van der Waals surface area contributed by atoms with Crippen LogP contribution >= 0.6 is 0 Å². The molecule has 0 aliphatic carbocycles. The Morgan fingerprint density at radius 3 is 3.00 bits per heavy atom. The van der Waals surface area contributed by atoms with Gasteiger partial charge in [-0.25, -0.2) is 4.39 Å². The molecule has 1 N–H and O–H groups in total. The van der Waals surface area contributed by atoms with Crippen molar-refractivity contribution in [3.8, 4) is 0 Å². The van der Waals surface area contributed by atoms with Gasteiger partial charge in [0.1, 0.15) is 5.82 Å². The highest BCUT2D eigenvalue weighted by atomic mass is 19.1.